The van der Waals surface area contributed by atoms with Crippen LogP contribution in [0.4, 0.5) is 4.39 Å². The average Bonchev–Trinajstić information content (AvgIpc) is 3.37. The number of hydrogen-bond donors (Lipinski definition) is 1. The standard InChI is InChI=1S/C18H18ClFN2O2/c1-11-15(8-9-17(19)21-11)18(24)22(14-6-7-14)10-16(23)12-2-4-13(20)5-3-12/h2-5,8-9,14,16,23H,6-7,10H2,1H3. The van der Waals surface area contributed by atoms with Gasteiger partial charge in [0.1, 0.15) is 11.0 Å². The van der Waals surface area contributed by atoms with Gasteiger partial charge in [0.25, 0.3) is 5.91 Å². The van der Waals surface area contributed by atoms with Crippen LogP contribution >= 0.6 is 11.6 Å². The van der Waals surface area contributed by atoms with Crippen LogP contribution in [0.1, 0.15) is 40.6 Å². The molecule has 0 bridgehead atoms. The van der Waals surface area contributed by atoms with Gasteiger partial charge < -0.3 is 10.0 Å². The van der Waals surface area contributed by atoms with Crippen molar-refractivity contribution in [3.05, 3.63) is 64.2 Å². The molecule has 0 saturated heterocycles. The van der Waals surface area contributed by atoms with Crippen LogP contribution in [0.15, 0.2) is 36.4 Å². The lowest BCUT2D eigenvalue weighted by atomic mass is 10.1. The minimum Gasteiger partial charge on any atom is -0.387 e. The van der Waals surface area contributed by atoms with Crippen molar-refractivity contribution in [2.24, 2.45) is 0 Å². The van der Waals surface area contributed by atoms with Gasteiger partial charge in [-0.05, 0) is 49.6 Å². The van der Waals surface area contributed by atoms with E-state index in [2.05, 4.69) is 4.98 Å². The molecule has 0 spiro atoms. The zero-order valence-electron chi connectivity index (χ0n) is 13.2. The second-order valence-corrected chi connectivity index (χ2v) is 6.41. The van der Waals surface area contributed by atoms with Gasteiger partial charge in [-0.1, -0.05) is 23.7 Å². The highest BCUT2D eigenvalue weighted by Gasteiger charge is 2.35. The SMILES string of the molecule is Cc1nc(Cl)ccc1C(=O)N(CC(O)c1ccc(F)cc1)C1CC1. The number of rotatable bonds is 5. The number of amides is 1. The summed E-state index contributed by atoms with van der Waals surface area (Å²) in [4.78, 5) is 18.6. The zero-order valence-corrected chi connectivity index (χ0v) is 14.0. The molecule has 3 rings (SSSR count). The third-order valence-corrected chi connectivity index (χ3v) is 4.37. The highest BCUT2D eigenvalue weighted by atomic mass is 35.5. The normalized spacial score (nSPS) is 15.2. The number of carbonyl (C=O) groups excluding carboxylic acids is 1. The van der Waals surface area contributed by atoms with E-state index in [1.807, 2.05) is 0 Å². The van der Waals surface area contributed by atoms with Gasteiger partial charge in [0.15, 0.2) is 0 Å². The number of halogens is 2. The summed E-state index contributed by atoms with van der Waals surface area (Å²) in [6.45, 7) is 1.90. The first-order chi connectivity index (χ1) is 11.5. The lowest BCUT2D eigenvalue weighted by Gasteiger charge is -2.26. The zero-order chi connectivity index (χ0) is 17.3. The fraction of sp³-hybridized carbons (Fsp3) is 0.333. The predicted octanol–water partition coefficient (Wildman–Crippen LogP) is 3.52. The maximum atomic E-state index is 13.0. The van der Waals surface area contributed by atoms with Crippen molar-refractivity contribution < 1.29 is 14.3 Å². The lowest BCUT2D eigenvalue weighted by molar-refractivity contribution is 0.0602. The van der Waals surface area contributed by atoms with Gasteiger partial charge in [-0.2, -0.15) is 0 Å². The van der Waals surface area contributed by atoms with E-state index in [0.29, 0.717) is 22.0 Å². The Bertz CT molecular complexity index is 747. The summed E-state index contributed by atoms with van der Waals surface area (Å²) < 4.78 is 13.0. The number of aryl methyl sites for hydroxylation is 1. The molecule has 0 radical (unpaired) electrons. The molecular formula is C18H18ClFN2O2. The summed E-state index contributed by atoms with van der Waals surface area (Å²) in [5.41, 5.74) is 1.63. The molecule has 6 heteroatoms. The smallest absolute Gasteiger partial charge is 0.256 e. The van der Waals surface area contributed by atoms with Crippen molar-refractivity contribution in [3.63, 3.8) is 0 Å². The van der Waals surface area contributed by atoms with Gasteiger partial charge in [-0.15, -0.1) is 0 Å². The Morgan fingerprint density at radius 2 is 2.00 bits per heavy atom. The monoisotopic (exact) mass is 348 g/mol. The van der Waals surface area contributed by atoms with Crippen LogP contribution in [0, 0.1) is 12.7 Å². The summed E-state index contributed by atoms with van der Waals surface area (Å²) in [6, 6.07) is 9.04. The number of aliphatic hydroxyl groups is 1. The molecule has 1 atom stereocenters. The predicted molar refractivity (Wildman–Crippen MR) is 89.4 cm³/mol. The molecule has 1 aromatic carbocycles. The first kappa shape index (κ1) is 16.9. The van der Waals surface area contributed by atoms with Crippen LogP contribution in [-0.2, 0) is 0 Å². The molecule has 1 aromatic heterocycles. The number of pyridine rings is 1. The molecule has 1 fully saturated rings. The number of aromatic nitrogens is 1. The number of aliphatic hydroxyl groups excluding tert-OH is 1. The maximum absolute atomic E-state index is 13.0. The van der Waals surface area contributed by atoms with E-state index in [4.69, 9.17) is 11.6 Å². The average molecular weight is 349 g/mol. The van der Waals surface area contributed by atoms with E-state index in [9.17, 15) is 14.3 Å². The van der Waals surface area contributed by atoms with Crippen LogP contribution in [0.2, 0.25) is 5.15 Å². The third kappa shape index (κ3) is 3.74. The van der Waals surface area contributed by atoms with Crippen LogP contribution in [0.5, 0.6) is 0 Å². The van der Waals surface area contributed by atoms with Crippen molar-refractivity contribution in [1.82, 2.24) is 9.88 Å². The molecule has 1 saturated carbocycles. The van der Waals surface area contributed by atoms with Gasteiger partial charge in [0, 0.05) is 6.04 Å². The molecule has 1 heterocycles. The molecule has 24 heavy (non-hydrogen) atoms. The van der Waals surface area contributed by atoms with Gasteiger partial charge in [0.2, 0.25) is 0 Å². The van der Waals surface area contributed by atoms with E-state index in [-0.39, 0.29) is 24.3 Å². The minimum atomic E-state index is -0.865. The van der Waals surface area contributed by atoms with Crippen molar-refractivity contribution in [1.29, 1.82) is 0 Å². The number of carbonyl (C=O) groups is 1. The van der Waals surface area contributed by atoms with Gasteiger partial charge in [0.05, 0.1) is 23.9 Å². The van der Waals surface area contributed by atoms with Gasteiger partial charge in [-0.25, -0.2) is 9.37 Å². The van der Waals surface area contributed by atoms with Crippen molar-refractivity contribution >= 4 is 17.5 Å². The lowest BCUT2D eigenvalue weighted by Crippen LogP contribution is -2.37. The van der Waals surface area contributed by atoms with E-state index < -0.39 is 6.10 Å². The summed E-state index contributed by atoms with van der Waals surface area (Å²) in [6.07, 6.45) is 0.972. The number of nitrogens with zero attached hydrogens (tertiary/aromatic N) is 2. The van der Waals surface area contributed by atoms with Crippen molar-refractivity contribution in [3.8, 4) is 0 Å². The molecule has 1 amide bonds. The topological polar surface area (TPSA) is 53.4 Å². The molecule has 1 aliphatic carbocycles. The van der Waals surface area contributed by atoms with E-state index >= 15 is 0 Å². The summed E-state index contributed by atoms with van der Waals surface area (Å²) in [7, 11) is 0. The van der Waals surface area contributed by atoms with Crippen LogP contribution in [-0.4, -0.2) is 33.5 Å². The second kappa shape index (κ2) is 6.87. The molecular weight excluding hydrogens is 331 g/mol. The fourth-order valence-electron chi connectivity index (χ4n) is 2.67. The second-order valence-electron chi connectivity index (χ2n) is 6.02. The summed E-state index contributed by atoms with van der Waals surface area (Å²) in [5, 5.41) is 10.8. The molecule has 1 aliphatic rings. The number of benzene rings is 1. The van der Waals surface area contributed by atoms with E-state index in [1.165, 1.54) is 24.3 Å². The molecule has 4 nitrogen and oxygen atoms in total. The Labute approximate surface area is 144 Å². The van der Waals surface area contributed by atoms with Crippen LogP contribution in [0.25, 0.3) is 0 Å². The molecule has 0 aliphatic heterocycles. The Morgan fingerprint density at radius 3 is 2.58 bits per heavy atom. The van der Waals surface area contributed by atoms with Gasteiger partial charge in [-0.3, -0.25) is 4.79 Å². The molecule has 1 unspecified atom stereocenters. The van der Waals surface area contributed by atoms with Crippen LogP contribution < -0.4 is 0 Å². The molecule has 2 aromatic rings. The minimum absolute atomic E-state index is 0.127. The third-order valence-electron chi connectivity index (χ3n) is 4.16. The first-order valence-electron chi connectivity index (χ1n) is 7.83. The van der Waals surface area contributed by atoms with Crippen LogP contribution in [0.3, 0.4) is 0 Å². The summed E-state index contributed by atoms with van der Waals surface area (Å²) >= 11 is 5.85. The van der Waals surface area contributed by atoms with Crippen molar-refractivity contribution in [2.45, 2.75) is 31.9 Å². The van der Waals surface area contributed by atoms with E-state index in [0.717, 1.165) is 12.8 Å². The highest BCUT2D eigenvalue weighted by Crippen LogP contribution is 2.31. The molecule has 126 valence electrons. The highest BCUT2D eigenvalue weighted by molar-refractivity contribution is 6.29. The Hall–Kier alpha value is -1.98. The Kier molecular flexibility index (Phi) is 4.83. The van der Waals surface area contributed by atoms with Crippen molar-refractivity contribution in [2.75, 3.05) is 6.54 Å². The number of hydrogen-bond acceptors (Lipinski definition) is 3. The first-order valence-corrected chi connectivity index (χ1v) is 8.21. The van der Waals surface area contributed by atoms with Gasteiger partial charge >= 0.3 is 0 Å². The van der Waals surface area contributed by atoms with E-state index in [1.54, 1.807) is 24.0 Å². The quantitative estimate of drug-likeness (QED) is 0.841. The Balaban J connectivity index is 1.79. The Morgan fingerprint density at radius 1 is 1.33 bits per heavy atom. The summed E-state index contributed by atoms with van der Waals surface area (Å²) in [5.74, 6) is -0.524. The fourth-order valence-corrected chi connectivity index (χ4v) is 2.86. The molecule has 1 N–H and O–H groups in total. The maximum Gasteiger partial charge on any atom is 0.256 e. The largest absolute Gasteiger partial charge is 0.387 e.